The Morgan fingerprint density at radius 2 is 1.39 bits per heavy atom. The van der Waals surface area contributed by atoms with E-state index in [0.717, 1.165) is 55.2 Å². The Morgan fingerprint density at radius 1 is 0.842 bits per heavy atom. The summed E-state index contributed by atoms with van der Waals surface area (Å²) in [7, 11) is 0. The second-order valence-corrected chi connectivity index (χ2v) is 9.94. The maximum atomic E-state index is 12.9. The number of phenolic OH excluding ortho intramolecular Hbond substituents is 1. The molecule has 2 amide bonds. The number of rotatable bonds is 9. The lowest BCUT2D eigenvalue weighted by Crippen LogP contribution is -2.47. The molecule has 0 spiro atoms. The van der Waals surface area contributed by atoms with E-state index in [1.807, 2.05) is 47.5 Å². The highest BCUT2D eigenvalue weighted by Gasteiger charge is 2.35. The van der Waals surface area contributed by atoms with Crippen molar-refractivity contribution in [1.29, 1.82) is 0 Å². The van der Waals surface area contributed by atoms with E-state index in [0.29, 0.717) is 19.0 Å². The lowest BCUT2D eigenvalue weighted by atomic mass is 10.1. The highest BCUT2D eigenvalue weighted by molar-refractivity contribution is 5.93. The van der Waals surface area contributed by atoms with Crippen LogP contribution in [0, 0.1) is 0 Å². The highest BCUT2D eigenvalue weighted by atomic mass is 16.5. The van der Waals surface area contributed by atoms with Crippen LogP contribution in [0.5, 0.6) is 5.75 Å². The Hall–Kier alpha value is -3.75. The van der Waals surface area contributed by atoms with Gasteiger partial charge in [-0.1, -0.05) is 37.3 Å². The number of ether oxygens (including phenoxy) is 1. The molecule has 0 saturated carbocycles. The van der Waals surface area contributed by atoms with E-state index in [1.54, 1.807) is 17.0 Å². The van der Waals surface area contributed by atoms with Gasteiger partial charge in [-0.2, -0.15) is 5.01 Å². The summed E-state index contributed by atoms with van der Waals surface area (Å²) >= 11 is 0. The fourth-order valence-electron chi connectivity index (χ4n) is 5.27. The number of piperazine rings is 1. The van der Waals surface area contributed by atoms with Crippen LogP contribution in [0.15, 0.2) is 78.9 Å². The number of carbonyl (C=O) groups is 1. The van der Waals surface area contributed by atoms with Crippen molar-refractivity contribution in [3.63, 3.8) is 0 Å². The zero-order chi connectivity index (χ0) is 26.5. The van der Waals surface area contributed by atoms with Crippen molar-refractivity contribution in [2.75, 3.05) is 47.5 Å². The van der Waals surface area contributed by atoms with E-state index in [4.69, 9.17) is 4.74 Å². The SMILES string of the molecule is CC[C@@H]([C@H](C)OCc1ccccc1)N1CN(c2ccc(N3CCN(c4ccc(O)cc4)CC3)cc2)C(=O)N1. The molecule has 2 heterocycles. The van der Waals surface area contributed by atoms with Crippen molar-refractivity contribution in [3.8, 4) is 5.75 Å². The van der Waals surface area contributed by atoms with E-state index < -0.39 is 0 Å². The summed E-state index contributed by atoms with van der Waals surface area (Å²) in [4.78, 5) is 19.4. The van der Waals surface area contributed by atoms with Gasteiger partial charge < -0.3 is 19.6 Å². The van der Waals surface area contributed by atoms with Crippen LogP contribution in [0.4, 0.5) is 21.9 Å². The first kappa shape index (κ1) is 25.9. The second-order valence-electron chi connectivity index (χ2n) is 9.94. The topological polar surface area (TPSA) is 71.5 Å². The molecule has 38 heavy (non-hydrogen) atoms. The standard InChI is InChI=1S/C30H37N5O3/c1-3-29(23(2)38-21-24-7-5-4-6-8-24)35-22-34(30(37)31-35)27-11-9-25(10-12-27)32-17-19-33(20-18-32)26-13-15-28(36)16-14-26/h4-16,23,29,36H,3,17-22H2,1-2H3,(H,31,37)/t23-,29-/m0/s1. The summed E-state index contributed by atoms with van der Waals surface area (Å²) in [6, 6.07) is 25.8. The number of amides is 2. The molecule has 2 aliphatic heterocycles. The third-order valence-electron chi connectivity index (χ3n) is 7.52. The molecule has 2 N–H and O–H groups in total. The van der Waals surface area contributed by atoms with Gasteiger partial charge in [0.1, 0.15) is 5.75 Å². The van der Waals surface area contributed by atoms with Gasteiger partial charge in [-0.15, -0.1) is 0 Å². The Balaban J connectivity index is 1.16. The maximum Gasteiger partial charge on any atom is 0.337 e. The molecule has 5 rings (SSSR count). The first-order valence-corrected chi connectivity index (χ1v) is 13.4. The molecule has 2 saturated heterocycles. The molecule has 200 valence electrons. The monoisotopic (exact) mass is 515 g/mol. The number of hydrogen-bond acceptors (Lipinski definition) is 6. The summed E-state index contributed by atoms with van der Waals surface area (Å²) in [5, 5.41) is 11.5. The van der Waals surface area contributed by atoms with Crippen LogP contribution in [0.3, 0.4) is 0 Å². The Labute approximate surface area is 225 Å². The molecule has 8 heteroatoms. The Kier molecular flexibility index (Phi) is 8.00. The van der Waals surface area contributed by atoms with Crippen molar-refractivity contribution >= 4 is 23.1 Å². The minimum atomic E-state index is -0.117. The van der Waals surface area contributed by atoms with Gasteiger partial charge in [0, 0.05) is 43.2 Å². The molecule has 0 radical (unpaired) electrons. The van der Waals surface area contributed by atoms with Gasteiger partial charge in [0.25, 0.3) is 0 Å². The fourth-order valence-corrected chi connectivity index (χ4v) is 5.27. The van der Waals surface area contributed by atoms with Crippen LogP contribution in [0.2, 0.25) is 0 Å². The van der Waals surface area contributed by atoms with Gasteiger partial charge in [0.15, 0.2) is 0 Å². The predicted octanol–water partition coefficient (Wildman–Crippen LogP) is 4.81. The lowest BCUT2D eigenvalue weighted by Gasteiger charge is -2.37. The van der Waals surface area contributed by atoms with Crippen molar-refractivity contribution in [2.24, 2.45) is 0 Å². The van der Waals surface area contributed by atoms with Crippen molar-refractivity contribution in [1.82, 2.24) is 10.4 Å². The number of hydrogen-bond donors (Lipinski definition) is 2. The van der Waals surface area contributed by atoms with E-state index in [9.17, 15) is 9.90 Å². The van der Waals surface area contributed by atoms with Crippen LogP contribution in [-0.4, -0.2) is 61.1 Å². The molecule has 0 aliphatic carbocycles. The average Bonchev–Trinajstić information content (AvgIpc) is 3.34. The molecule has 0 unspecified atom stereocenters. The van der Waals surface area contributed by atoms with Crippen molar-refractivity contribution in [2.45, 2.75) is 39.0 Å². The van der Waals surface area contributed by atoms with Gasteiger partial charge >= 0.3 is 6.03 Å². The third kappa shape index (κ3) is 5.87. The minimum Gasteiger partial charge on any atom is -0.508 e. The number of urea groups is 1. The molecule has 2 aliphatic rings. The summed E-state index contributed by atoms with van der Waals surface area (Å²) in [6.07, 6.45) is 0.821. The number of anilines is 3. The molecular formula is C30H37N5O3. The largest absolute Gasteiger partial charge is 0.508 e. The zero-order valence-corrected chi connectivity index (χ0v) is 22.2. The normalized spacial score (nSPS) is 17.9. The number of carbonyl (C=O) groups excluding carboxylic acids is 1. The van der Waals surface area contributed by atoms with Gasteiger partial charge in [-0.3, -0.25) is 10.3 Å². The summed E-state index contributed by atoms with van der Waals surface area (Å²) in [5.41, 5.74) is 7.35. The van der Waals surface area contributed by atoms with E-state index in [2.05, 4.69) is 53.3 Å². The molecule has 0 aromatic heterocycles. The zero-order valence-electron chi connectivity index (χ0n) is 22.2. The third-order valence-corrected chi connectivity index (χ3v) is 7.52. The Bertz CT molecular complexity index is 1180. The first-order chi connectivity index (χ1) is 18.5. The summed E-state index contributed by atoms with van der Waals surface area (Å²) in [6.45, 7) is 8.88. The summed E-state index contributed by atoms with van der Waals surface area (Å²) < 4.78 is 6.16. The molecule has 2 fully saturated rings. The van der Waals surface area contributed by atoms with Gasteiger partial charge in [0.2, 0.25) is 0 Å². The number of nitrogens with zero attached hydrogens (tertiary/aromatic N) is 4. The van der Waals surface area contributed by atoms with E-state index in [-0.39, 0.29) is 18.2 Å². The predicted molar refractivity (Wildman–Crippen MR) is 151 cm³/mol. The number of phenols is 1. The smallest absolute Gasteiger partial charge is 0.337 e. The molecule has 0 bridgehead atoms. The van der Waals surface area contributed by atoms with Crippen LogP contribution in [0.25, 0.3) is 0 Å². The van der Waals surface area contributed by atoms with Crippen LogP contribution in [0.1, 0.15) is 25.8 Å². The van der Waals surface area contributed by atoms with E-state index in [1.165, 1.54) is 0 Å². The van der Waals surface area contributed by atoms with Gasteiger partial charge in [-0.25, -0.2) is 4.79 Å². The van der Waals surface area contributed by atoms with Gasteiger partial charge in [-0.05, 0) is 67.4 Å². The van der Waals surface area contributed by atoms with Crippen molar-refractivity contribution < 1.29 is 14.6 Å². The molecular weight excluding hydrogens is 478 g/mol. The lowest BCUT2D eigenvalue weighted by molar-refractivity contribution is -0.0191. The molecule has 3 aromatic rings. The molecule has 3 aromatic carbocycles. The highest BCUT2D eigenvalue weighted by Crippen LogP contribution is 2.27. The quantitative estimate of drug-likeness (QED) is 0.426. The summed E-state index contributed by atoms with van der Waals surface area (Å²) in [5.74, 6) is 0.290. The number of aromatic hydroxyl groups is 1. The first-order valence-electron chi connectivity index (χ1n) is 13.4. The minimum absolute atomic E-state index is 0.0388. The fraction of sp³-hybridized carbons (Fsp3) is 0.367. The number of benzene rings is 3. The van der Waals surface area contributed by atoms with Crippen LogP contribution < -0.4 is 20.1 Å². The van der Waals surface area contributed by atoms with Gasteiger partial charge in [0.05, 0.1) is 25.4 Å². The van der Waals surface area contributed by atoms with Crippen molar-refractivity contribution in [3.05, 3.63) is 84.4 Å². The molecule has 2 atom stereocenters. The number of nitrogens with one attached hydrogen (secondary N) is 1. The maximum absolute atomic E-state index is 12.9. The Morgan fingerprint density at radius 3 is 1.97 bits per heavy atom. The van der Waals surface area contributed by atoms with Crippen LogP contribution >= 0.6 is 0 Å². The van der Waals surface area contributed by atoms with E-state index >= 15 is 0 Å². The molecule has 8 nitrogen and oxygen atoms in total. The van der Waals surface area contributed by atoms with Crippen LogP contribution in [-0.2, 0) is 11.3 Å². The average molecular weight is 516 g/mol. The number of hydrazine groups is 1. The second kappa shape index (κ2) is 11.8.